The zero-order chi connectivity index (χ0) is 11.7. The van der Waals surface area contributed by atoms with Crippen LogP contribution < -0.4 is 4.90 Å². The van der Waals surface area contributed by atoms with Crippen LogP contribution in [0.25, 0.3) is 0 Å². The van der Waals surface area contributed by atoms with Crippen molar-refractivity contribution < 1.29 is 0 Å². The van der Waals surface area contributed by atoms with Crippen molar-refractivity contribution >= 4 is 17.3 Å². The molecule has 1 aromatic carbocycles. The normalized spacial score (nSPS) is 19.4. The van der Waals surface area contributed by atoms with Crippen molar-refractivity contribution in [2.24, 2.45) is 11.8 Å². The summed E-state index contributed by atoms with van der Waals surface area (Å²) in [5, 5.41) is 0. The van der Waals surface area contributed by atoms with Gasteiger partial charge in [-0.1, -0.05) is 18.2 Å². The molecule has 0 unspecified atom stereocenters. The first-order valence-electron chi connectivity index (χ1n) is 6.75. The summed E-state index contributed by atoms with van der Waals surface area (Å²) in [6, 6.07) is 8.63. The van der Waals surface area contributed by atoms with E-state index in [-0.39, 0.29) is 0 Å². The van der Waals surface area contributed by atoms with Gasteiger partial charge in [0.25, 0.3) is 0 Å². The van der Waals surface area contributed by atoms with Crippen LogP contribution in [0.5, 0.6) is 0 Å². The molecule has 0 heterocycles. The van der Waals surface area contributed by atoms with Crippen molar-refractivity contribution in [1.82, 2.24) is 0 Å². The zero-order valence-electron chi connectivity index (χ0n) is 10.2. The van der Waals surface area contributed by atoms with E-state index in [1.165, 1.54) is 50.0 Å². The fraction of sp³-hybridized carbons (Fsp3) is 0.600. The highest BCUT2D eigenvalue weighted by atomic mass is 35.5. The van der Waals surface area contributed by atoms with Crippen molar-refractivity contribution in [1.29, 1.82) is 0 Å². The highest BCUT2D eigenvalue weighted by Crippen LogP contribution is 2.36. The van der Waals surface area contributed by atoms with E-state index in [1.54, 1.807) is 0 Å². The van der Waals surface area contributed by atoms with Gasteiger partial charge in [-0.25, -0.2) is 0 Å². The van der Waals surface area contributed by atoms with Gasteiger partial charge in [0.15, 0.2) is 0 Å². The molecule has 0 N–H and O–H groups in total. The number of nitrogens with zero attached hydrogens (tertiary/aromatic N) is 1. The number of anilines is 1. The monoisotopic (exact) mass is 249 g/mol. The summed E-state index contributed by atoms with van der Waals surface area (Å²) in [7, 11) is 0. The van der Waals surface area contributed by atoms with Crippen LogP contribution in [0.15, 0.2) is 24.3 Å². The molecule has 0 aliphatic heterocycles. The quantitative estimate of drug-likeness (QED) is 0.688. The third-order valence-corrected chi connectivity index (χ3v) is 4.12. The van der Waals surface area contributed by atoms with Gasteiger partial charge in [0.05, 0.1) is 0 Å². The lowest BCUT2D eigenvalue weighted by Gasteiger charge is -2.27. The Kier molecular flexibility index (Phi) is 3.28. The summed E-state index contributed by atoms with van der Waals surface area (Å²) in [4.78, 5) is 2.59. The first kappa shape index (κ1) is 11.4. The van der Waals surface area contributed by atoms with Gasteiger partial charge in [-0.05, 0) is 49.1 Å². The Bertz CT molecular complexity index is 368. The van der Waals surface area contributed by atoms with E-state index in [2.05, 4.69) is 29.2 Å². The molecule has 0 spiro atoms. The molecule has 2 heteroatoms. The summed E-state index contributed by atoms with van der Waals surface area (Å²) < 4.78 is 0. The average Bonchev–Trinajstić information content (AvgIpc) is 3.23. The number of rotatable bonds is 6. The molecule has 1 nitrogen and oxygen atoms in total. The van der Waals surface area contributed by atoms with Crippen molar-refractivity contribution in [3.05, 3.63) is 29.8 Å². The number of halogens is 1. The molecule has 2 saturated carbocycles. The maximum Gasteiger partial charge on any atom is 0.0494 e. The third-order valence-electron chi connectivity index (χ3n) is 3.83. The number of hydrogen-bond acceptors (Lipinski definition) is 1. The molecular formula is C15H20ClN. The zero-order valence-corrected chi connectivity index (χ0v) is 11.0. The van der Waals surface area contributed by atoms with Crippen molar-refractivity contribution in [3.63, 3.8) is 0 Å². The largest absolute Gasteiger partial charge is 0.371 e. The molecule has 0 radical (unpaired) electrons. The maximum absolute atomic E-state index is 6.05. The van der Waals surface area contributed by atoms with E-state index in [1.807, 2.05) is 0 Å². The van der Waals surface area contributed by atoms with E-state index in [0.29, 0.717) is 5.88 Å². The lowest BCUT2D eigenvalue weighted by molar-refractivity contribution is 0.677. The Hall–Kier alpha value is -0.690. The second-order valence-electron chi connectivity index (χ2n) is 5.55. The van der Waals surface area contributed by atoms with E-state index in [0.717, 1.165) is 11.8 Å². The van der Waals surface area contributed by atoms with Gasteiger partial charge < -0.3 is 4.90 Å². The summed E-state index contributed by atoms with van der Waals surface area (Å²) in [6.07, 6.45) is 5.68. The molecule has 92 valence electrons. The second kappa shape index (κ2) is 4.89. The van der Waals surface area contributed by atoms with Gasteiger partial charge in [-0.3, -0.25) is 0 Å². The highest BCUT2D eigenvalue weighted by Gasteiger charge is 2.29. The summed E-state index contributed by atoms with van der Waals surface area (Å²) in [5.74, 6) is 2.51. The van der Waals surface area contributed by atoms with Crippen LogP contribution in [0.4, 0.5) is 5.69 Å². The molecule has 17 heavy (non-hydrogen) atoms. The van der Waals surface area contributed by atoms with Crippen LogP contribution in [0.2, 0.25) is 0 Å². The lowest BCUT2D eigenvalue weighted by Crippen LogP contribution is -2.28. The molecule has 3 rings (SSSR count). The minimum absolute atomic E-state index is 0.627. The number of benzene rings is 1. The van der Waals surface area contributed by atoms with Gasteiger partial charge in [0, 0.05) is 24.7 Å². The smallest absolute Gasteiger partial charge is 0.0494 e. The van der Waals surface area contributed by atoms with Crippen LogP contribution in [0.1, 0.15) is 31.2 Å². The summed E-state index contributed by atoms with van der Waals surface area (Å²) in [5.41, 5.74) is 2.66. The highest BCUT2D eigenvalue weighted by molar-refractivity contribution is 6.17. The van der Waals surface area contributed by atoms with Gasteiger partial charge in [0.2, 0.25) is 0 Å². The SMILES string of the molecule is ClCc1ccccc1N(CC1CC1)CC1CC1. The Morgan fingerprint density at radius 2 is 1.59 bits per heavy atom. The molecule has 0 bridgehead atoms. The molecular weight excluding hydrogens is 230 g/mol. The Balaban J connectivity index is 1.78. The molecule has 2 fully saturated rings. The van der Waals surface area contributed by atoms with Gasteiger partial charge in [0.1, 0.15) is 0 Å². The van der Waals surface area contributed by atoms with Crippen molar-refractivity contribution in [2.75, 3.05) is 18.0 Å². The van der Waals surface area contributed by atoms with Crippen molar-refractivity contribution in [2.45, 2.75) is 31.6 Å². The fourth-order valence-electron chi connectivity index (χ4n) is 2.43. The molecule has 0 aromatic heterocycles. The molecule has 2 aliphatic rings. The van der Waals surface area contributed by atoms with Crippen LogP contribution in [-0.2, 0) is 5.88 Å². The molecule has 1 aromatic rings. The number of para-hydroxylation sites is 1. The predicted molar refractivity (Wildman–Crippen MR) is 73.7 cm³/mol. The summed E-state index contributed by atoms with van der Waals surface area (Å²) in [6.45, 7) is 2.48. The molecule has 0 amide bonds. The molecule has 2 aliphatic carbocycles. The average molecular weight is 250 g/mol. The first-order chi connectivity index (χ1) is 8.36. The van der Waals surface area contributed by atoms with Crippen LogP contribution in [0.3, 0.4) is 0 Å². The fourth-order valence-corrected chi connectivity index (χ4v) is 2.65. The topological polar surface area (TPSA) is 3.24 Å². The third kappa shape index (κ3) is 2.95. The minimum atomic E-state index is 0.627. The number of hydrogen-bond donors (Lipinski definition) is 0. The summed E-state index contributed by atoms with van der Waals surface area (Å²) >= 11 is 6.05. The predicted octanol–water partition coefficient (Wildman–Crippen LogP) is 4.05. The molecule has 0 saturated heterocycles. The standard InChI is InChI=1S/C15H20ClN/c16-9-14-3-1-2-4-15(14)17(10-12-5-6-12)11-13-7-8-13/h1-4,12-13H,5-11H2. The van der Waals surface area contributed by atoms with E-state index in [4.69, 9.17) is 11.6 Å². The lowest BCUT2D eigenvalue weighted by atomic mass is 10.1. The van der Waals surface area contributed by atoms with E-state index in [9.17, 15) is 0 Å². The minimum Gasteiger partial charge on any atom is -0.371 e. The first-order valence-corrected chi connectivity index (χ1v) is 7.29. The van der Waals surface area contributed by atoms with Crippen molar-refractivity contribution in [3.8, 4) is 0 Å². The van der Waals surface area contributed by atoms with E-state index < -0.39 is 0 Å². The maximum atomic E-state index is 6.05. The van der Waals surface area contributed by atoms with Gasteiger partial charge >= 0.3 is 0 Å². The number of alkyl halides is 1. The Morgan fingerprint density at radius 3 is 2.12 bits per heavy atom. The van der Waals surface area contributed by atoms with Gasteiger partial charge in [-0.15, -0.1) is 11.6 Å². The Labute approximate surface area is 109 Å². The second-order valence-corrected chi connectivity index (χ2v) is 5.82. The van der Waals surface area contributed by atoms with Crippen LogP contribution in [0, 0.1) is 11.8 Å². The van der Waals surface area contributed by atoms with Crippen LogP contribution >= 0.6 is 11.6 Å². The van der Waals surface area contributed by atoms with E-state index >= 15 is 0 Å². The molecule has 0 atom stereocenters. The Morgan fingerprint density at radius 1 is 1.00 bits per heavy atom. The van der Waals surface area contributed by atoms with Gasteiger partial charge in [-0.2, -0.15) is 0 Å². The van der Waals surface area contributed by atoms with Crippen LogP contribution in [-0.4, -0.2) is 13.1 Å².